The summed E-state index contributed by atoms with van der Waals surface area (Å²) in [6, 6.07) is -0.109. The molecule has 0 bridgehead atoms. The molecule has 0 aliphatic carbocycles. The van der Waals surface area contributed by atoms with Gasteiger partial charge in [-0.2, -0.15) is 17.4 Å². The van der Waals surface area contributed by atoms with Crippen LogP contribution >= 0.6 is 0 Å². The molecule has 1 aliphatic heterocycles. The number of nitrogens with zero attached hydrogens (tertiary/aromatic N) is 1. The van der Waals surface area contributed by atoms with E-state index in [1.54, 1.807) is 6.92 Å². The van der Waals surface area contributed by atoms with Gasteiger partial charge in [-0.3, -0.25) is 0 Å². The molecule has 1 heterocycles. The molecule has 1 aliphatic rings. The molecule has 2 unspecified atom stereocenters. The third kappa shape index (κ3) is 5.74. The summed E-state index contributed by atoms with van der Waals surface area (Å²) >= 11 is 0. The number of aliphatic hydroxyl groups is 1. The normalized spacial score (nSPS) is 24.1. The van der Waals surface area contributed by atoms with Crippen molar-refractivity contribution < 1.29 is 18.3 Å². The topological polar surface area (TPSA) is 78.9 Å². The Morgan fingerprint density at radius 1 is 1.42 bits per heavy atom. The maximum Gasteiger partial charge on any atom is 0.279 e. The van der Waals surface area contributed by atoms with Crippen molar-refractivity contribution >= 4 is 10.2 Å². The van der Waals surface area contributed by atoms with Crippen LogP contribution in [0.4, 0.5) is 0 Å². The summed E-state index contributed by atoms with van der Waals surface area (Å²) in [5.41, 5.74) is 0. The van der Waals surface area contributed by atoms with Gasteiger partial charge in [0.05, 0.1) is 12.7 Å². The molecule has 1 rings (SSSR count). The lowest BCUT2D eigenvalue weighted by Gasteiger charge is -2.30. The Kier molecular flexibility index (Phi) is 7.23. The SMILES string of the molecule is COCCNS(=O)(=O)N1CCCCCC1CC(C)O. The zero-order valence-corrected chi connectivity index (χ0v) is 12.7. The maximum absolute atomic E-state index is 12.3. The molecule has 7 heteroatoms. The molecule has 1 fully saturated rings. The highest BCUT2D eigenvalue weighted by atomic mass is 32.2. The predicted molar refractivity (Wildman–Crippen MR) is 74.1 cm³/mol. The van der Waals surface area contributed by atoms with Crippen LogP contribution in [0, 0.1) is 0 Å². The summed E-state index contributed by atoms with van der Waals surface area (Å²) in [7, 11) is -1.94. The highest BCUT2D eigenvalue weighted by molar-refractivity contribution is 7.87. The van der Waals surface area contributed by atoms with Crippen molar-refractivity contribution in [2.75, 3.05) is 26.8 Å². The molecule has 6 nitrogen and oxygen atoms in total. The van der Waals surface area contributed by atoms with Crippen molar-refractivity contribution in [3.05, 3.63) is 0 Å². The van der Waals surface area contributed by atoms with Gasteiger partial charge in [0.2, 0.25) is 0 Å². The Morgan fingerprint density at radius 2 is 2.16 bits per heavy atom. The Bertz CT molecular complexity index is 346. The molecule has 0 radical (unpaired) electrons. The standard InChI is InChI=1S/C12H26N2O4S/c1-11(15)10-12-6-4-3-5-8-14(12)19(16,17)13-7-9-18-2/h11-13,15H,3-10H2,1-2H3. The Balaban J connectivity index is 2.72. The molecule has 0 amide bonds. The first-order valence-corrected chi connectivity index (χ1v) is 8.35. The van der Waals surface area contributed by atoms with Gasteiger partial charge in [0, 0.05) is 26.2 Å². The van der Waals surface area contributed by atoms with Gasteiger partial charge >= 0.3 is 0 Å². The average molecular weight is 294 g/mol. The van der Waals surface area contributed by atoms with Crippen molar-refractivity contribution in [2.24, 2.45) is 0 Å². The van der Waals surface area contributed by atoms with Crippen molar-refractivity contribution in [3.63, 3.8) is 0 Å². The first-order valence-electron chi connectivity index (χ1n) is 6.91. The van der Waals surface area contributed by atoms with Crippen molar-refractivity contribution in [1.29, 1.82) is 0 Å². The fraction of sp³-hybridized carbons (Fsp3) is 1.00. The monoisotopic (exact) mass is 294 g/mol. The lowest BCUT2D eigenvalue weighted by atomic mass is 10.1. The Hall–Kier alpha value is -0.210. The molecule has 0 aromatic rings. The summed E-state index contributed by atoms with van der Waals surface area (Å²) in [4.78, 5) is 0. The first kappa shape index (κ1) is 16.8. The van der Waals surface area contributed by atoms with E-state index >= 15 is 0 Å². The molecule has 19 heavy (non-hydrogen) atoms. The van der Waals surface area contributed by atoms with Crippen molar-refractivity contribution in [3.8, 4) is 0 Å². The van der Waals surface area contributed by atoms with E-state index in [1.165, 1.54) is 11.4 Å². The fourth-order valence-electron chi connectivity index (χ4n) is 2.45. The molecule has 2 N–H and O–H groups in total. The largest absolute Gasteiger partial charge is 0.393 e. The van der Waals surface area contributed by atoms with Gasteiger partial charge in [0.1, 0.15) is 0 Å². The zero-order valence-electron chi connectivity index (χ0n) is 11.8. The highest BCUT2D eigenvalue weighted by Gasteiger charge is 2.31. The van der Waals surface area contributed by atoms with E-state index in [0.29, 0.717) is 19.6 Å². The smallest absolute Gasteiger partial charge is 0.279 e. The van der Waals surface area contributed by atoms with Crippen LogP contribution in [0.3, 0.4) is 0 Å². The van der Waals surface area contributed by atoms with Crippen LogP contribution in [0.15, 0.2) is 0 Å². The van der Waals surface area contributed by atoms with Crippen molar-refractivity contribution in [1.82, 2.24) is 9.03 Å². The van der Waals surface area contributed by atoms with Crippen LogP contribution in [0.5, 0.6) is 0 Å². The molecule has 2 atom stereocenters. The van der Waals surface area contributed by atoms with E-state index in [0.717, 1.165) is 25.7 Å². The first-order chi connectivity index (χ1) is 8.97. The minimum Gasteiger partial charge on any atom is -0.393 e. The Morgan fingerprint density at radius 3 is 2.79 bits per heavy atom. The number of hydrogen-bond acceptors (Lipinski definition) is 4. The highest BCUT2D eigenvalue weighted by Crippen LogP contribution is 2.22. The van der Waals surface area contributed by atoms with Gasteiger partial charge in [-0.25, -0.2) is 0 Å². The number of hydrogen-bond donors (Lipinski definition) is 2. The van der Waals surface area contributed by atoms with Crippen LogP contribution in [-0.4, -0.2) is 56.8 Å². The van der Waals surface area contributed by atoms with Crippen LogP contribution in [-0.2, 0) is 14.9 Å². The maximum atomic E-state index is 12.3. The number of rotatable bonds is 7. The molecular weight excluding hydrogens is 268 g/mol. The zero-order chi connectivity index (χ0) is 14.3. The van der Waals surface area contributed by atoms with Gasteiger partial charge in [0.15, 0.2) is 0 Å². The van der Waals surface area contributed by atoms with Crippen LogP contribution < -0.4 is 4.72 Å². The average Bonchev–Trinajstić information content (AvgIpc) is 2.54. The van der Waals surface area contributed by atoms with E-state index in [2.05, 4.69) is 4.72 Å². The van der Waals surface area contributed by atoms with Crippen LogP contribution in [0.1, 0.15) is 39.0 Å². The molecule has 1 saturated heterocycles. The molecular formula is C12H26N2O4S. The van der Waals surface area contributed by atoms with Crippen LogP contribution in [0.2, 0.25) is 0 Å². The molecule has 0 aromatic heterocycles. The second-order valence-electron chi connectivity index (χ2n) is 5.09. The van der Waals surface area contributed by atoms with Crippen molar-refractivity contribution in [2.45, 2.75) is 51.2 Å². The van der Waals surface area contributed by atoms with Gasteiger partial charge in [-0.05, 0) is 26.2 Å². The Labute approximate surface area is 116 Å². The second kappa shape index (κ2) is 8.16. The molecule has 0 saturated carbocycles. The third-order valence-corrected chi connectivity index (χ3v) is 5.00. The van der Waals surface area contributed by atoms with Gasteiger partial charge in [-0.15, -0.1) is 0 Å². The van der Waals surface area contributed by atoms with E-state index in [-0.39, 0.29) is 12.6 Å². The summed E-state index contributed by atoms with van der Waals surface area (Å²) in [6.45, 7) is 2.86. The third-order valence-electron chi connectivity index (χ3n) is 3.34. The van der Waals surface area contributed by atoms with Gasteiger partial charge in [0.25, 0.3) is 10.2 Å². The lowest BCUT2D eigenvalue weighted by Crippen LogP contribution is -2.48. The molecule has 0 spiro atoms. The number of aliphatic hydroxyl groups excluding tert-OH is 1. The minimum absolute atomic E-state index is 0.109. The molecule has 0 aromatic carbocycles. The minimum atomic E-state index is -3.48. The predicted octanol–water partition coefficient (Wildman–Crippen LogP) is 0.483. The summed E-state index contributed by atoms with van der Waals surface area (Å²) in [5.74, 6) is 0. The van der Waals surface area contributed by atoms with Crippen LogP contribution in [0.25, 0.3) is 0 Å². The van der Waals surface area contributed by atoms with Gasteiger partial charge < -0.3 is 9.84 Å². The number of methoxy groups -OCH3 is 1. The van der Waals surface area contributed by atoms with E-state index in [9.17, 15) is 13.5 Å². The summed E-state index contributed by atoms with van der Waals surface area (Å²) in [6.07, 6.45) is 3.75. The summed E-state index contributed by atoms with van der Waals surface area (Å²) < 4.78 is 33.5. The quantitative estimate of drug-likeness (QED) is 0.670. The van der Waals surface area contributed by atoms with E-state index in [1.807, 2.05) is 0 Å². The molecule has 114 valence electrons. The summed E-state index contributed by atoms with van der Waals surface area (Å²) in [5, 5.41) is 9.53. The fourth-order valence-corrected chi connectivity index (χ4v) is 3.91. The lowest BCUT2D eigenvalue weighted by molar-refractivity contribution is 0.146. The van der Waals surface area contributed by atoms with E-state index < -0.39 is 16.3 Å². The number of nitrogens with one attached hydrogen (secondary N) is 1. The second-order valence-corrected chi connectivity index (χ2v) is 6.80. The van der Waals surface area contributed by atoms with E-state index in [4.69, 9.17) is 4.74 Å². The van der Waals surface area contributed by atoms with Gasteiger partial charge in [-0.1, -0.05) is 12.8 Å². The number of ether oxygens (including phenoxy) is 1.